The van der Waals surface area contributed by atoms with E-state index in [0.29, 0.717) is 24.6 Å². The van der Waals surface area contributed by atoms with Crippen molar-refractivity contribution < 1.29 is 9.63 Å². The van der Waals surface area contributed by atoms with Gasteiger partial charge in [-0.3, -0.25) is 9.69 Å². The quantitative estimate of drug-likeness (QED) is 0.903. The van der Waals surface area contributed by atoms with Gasteiger partial charge in [0.25, 0.3) is 5.91 Å². The van der Waals surface area contributed by atoms with E-state index in [4.69, 9.17) is 4.84 Å². The lowest BCUT2D eigenvalue weighted by atomic mass is 9.96. The van der Waals surface area contributed by atoms with Crippen molar-refractivity contribution in [2.75, 3.05) is 19.6 Å². The summed E-state index contributed by atoms with van der Waals surface area (Å²) in [5.41, 5.74) is 2.82. The lowest BCUT2D eigenvalue weighted by Gasteiger charge is -2.21. The molecular formula is C19H27N3O2. The van der Waals surface area contributed by atoms with Crippen LogP contribution in [-0.4, -0.2) is 41.8 Å². The molecule has 130 valence electrons. The summed E-state index contributed by atoms with van der Waals surface area (Å²) in [7, 11) is 0. The van der Waals surface area contributed by atoms with Gasteiger partial charge in [0.15, 0.2) is 5.60 Å². The molecule has 0 saturated carbocycles. The number of rotatable bonds is 5. The number of nitrogens with one attached hydrogen (secondary N) is 1. The molecule has 0 aromatic heterocycles. The van der Waals surface area contributed by atoms with Crippen LogP contribution in [0.4, 0.5) is 0 Å². The Morgan fingerprint density at radius 3 is 2.83 bits per heavy atom. The summed E-state index contributed by atoms with van der Waals surface area (Å²) in [5, 5.41) is 7.00. The molecule has 1 amide bonds. The van der Waals surface area contributed by atoms with Crippen LogP contribution in [0.3, 0.4) is 0 Å². The number of benzene rings is 1. The van der Waals surface area contributed by atoms with E-state index in [0.717, 1.165) is 26.1 Å². The second-order valence-electron chi connectivity index (χ2n) is 7.54. The highest BCUT2D eigenvalue weighted by molar-refractivity contribution is 6.39. The zero-order chi connectivity index (χ0) is 17.2. The molecule has 1 saturated heterocycles. The second kappa shape index (κ2) is 6.93. The maximum atomic E-state index is 12.2. The smallest absolute Gasteiger partial charge is 0.269 e. The van der Waals surface area contributed by atoms with Crippen LogP contribution >= 0.6 is 0 Å². The lowest BCUT2D eigenvalue weighted by Crippen LogP contribution is -2.37. The van der Waals surface area contributed by atoms with Crippen LogP contribution in [0.15, 0.2) is 29.4 Å². The molecule has 0 bridgehead atoms. The van der Waals surface area contributed by atoms with Gasteiger partial charge in [-0.05, 0) is 18.4 Å². The van der Waals surface area contributed by atoms with E-state index in [9.17, 15) is 4.79 Å². The fourth-order valence-electron chi connectivity index (χ4n) is 3.28. The van der Waals surface area contributed by atoms with Crippen LogP contribution < -0.4 is 5.32 Å². The molecule has 2 aliphatic rings. The molecule has 2 aliphatic heterocycles. The Kier molecular flexibility index (Phi) is 4.90. The van der Waals surface area contributed by atoms with E-state index < -0.39 is 0 Å². The first-order chi connectivity index (χ1) is 11.5. The van der Waals surface area contributed by atoms with Crippen molar-refractivity contribution in [2.45, 2.75) is 45.8 Å². The largest absolute Gasteiger partial charge is 0.387 e. The third-order valence-electron chi connectivity index (χ3n) is 4.69. The van der Waals surface area contributed by atoms with Crippen molar-refractivity contribution >= 4 is 11.6 Å². The standard InChI is InChI=1S/C19H27N3O2/c1-14(2)11-20-18(23)17-10-19(24-21-17)8-9-22(13-19)12-16-6-4-15(3)5-7-16/h4-7,14H,8-13H2,1-3H3,(H,20,23)/t19-/m0/s1. The van der Waals surface area contributed by atoms with Gasteiger partial charge < -0.3 is 10.2 Å². The number of hydrogen-bond donors (Lipinski definition) is 1. The number of amides is 1. The third kappa shape index (κ3) is 3.96. The van der Waals surface area contributed by atoms with Crippen LogP contribution in [0.25, 0.3) is 0 Å². The minimum absolute atomic E-state index is 0.0856. The molecule has 24 heavy (non-hydrogen) atoms. The number of hydrogen-bond acceptors (Lipinski definition) is 4. The number of nitrogens with zero attached hydrogens (tertiary/aromatic N) is 2. The normalized spacial score (nSPS) is 23.6. The molecular weight excluding hydrogens is 302 g/mol. The maximum absolute atomic E-state index is 12.2. The van der Waals surface area contributed by atoms with E-state index in [1.54, 1.807) is 0 Å². The second-order valence-corrected chi connectivity index (χ2v) is 7.54. The molecule has 1 aromatic carbocycles. The van der Waals surface area contributed by atoms with Crippen molar-refractivity contribution in [3.05, 3.63) is 35.4 Å². The average Bonchev–Trinajstić information content (AvgIpc) is 3.15. The molecule has 3 rings (SSSR count). The van der Waals surface area contributed by atoms with Gasteiger partial charge in [0.1, 0.15) is 5.71 Å². The van der Waals surface area contributed by atoms with Gasteiger partial charge >= 0.3 is 0 Å². The van der Waals surface area contributed by atoms with E-state index in [-0.39, 0.29) is 11.5 Å². The van der Waals surface area contributed by atoms with Gasteiger partial charge in [-0.25, -0.2) is 0 Å². The highest BCUT2D eigenvalue weighted by Crippen LogP contribution is 2.34. The van der Waals surface area contributed by atoms with Crippen molar-refractivity contribution in [1.29, 1.82) is 0 Å². The Balaban J connectivity index is 1.52. The molecule has 1 N–H and O–H groups in total. The van der Waals surface area contributed by atoms with E-state index in [1.165, 1.54) is 11.1 Å². The number of aryl methyl sites for hydroxylation is 1. The molecule has 5 heteroatoms. The zero-order valence-corrected chi connectivity index (χ0v) is 14.8. The SMILES string of the molecule is Cc1ccc(CN2CC[C@]3(CC(C(=O)NCC(C)C)=NO3)C2)cc1. The third-order valence-corrected chi connectivity index (χ3v) is 4.69. The van der Waals surface area contributed by atoms with E-state index >= 15 is 0 Å². The first kappa shape index (κ1) is 17.0. The monoisotopic (exact) mass is 329 g/mol. The van der Waals surface area contributed by atoms with Gasteiger partial charge in [-0.1, -0.05) is 48.8 Å². The van der Waals surface area contributed by atoms with E-state index in [1.807, 2.05) is 0 Å². The fraction of sp³-hybridized carbons (Fsp3) is 0.579. The van der Waals surface area contributed by atoms with Crippen LogP contribution in [0.5, 0.6) is 0 Å². The summed E-state index contributed by atoms with van der Waals surface area (Å²) in [5.74, 6) is 0.347. The Labute approximate surface area is 144 Å². The van der Waals surface area contributed by atoms with Crippen molar-refractivity contribution in [3.63, 3.8) is 0 Å². The van der Waals surface area contributed by atoms with Crippen LogP contribution in [0.2, 0.25) is 0 Å². The van der Waals surface area contributed by atoms with Crippen LogP contribution in [0.1, 0.15) is 37.8 Å². The molecule has 0 aliphatic carbocycles. The summed E-state index contributed by atoms with van der Waals surface area (Å²) < 4.78 is 0. The van der Waals surface area contributed by atoms with E-state index in [2.05, 4.69) is 60.4 Å². The maximum Gasteiger partial charge on any atom is 0.269 e. The minimum Gasteiger partial charge on any atom is -0.387 e. The first-order valence-electron chi connectivity index (χ1n) is 8.77. The molecule has 1 aromatic rings. The number of carbonyl (C=O) groups excluding carboxylic acids is 1. The average molecular weight is 329 g/mol. The first-order valence-corrected chi connectivity index (χ1v) is 8.77. The predicted molar refractivity (Wildman–Crippen MR) is 94.8 cm³/mol. The number of likely N-dealkylation sites (tertiary alicyclic amines) is 1. The summed E-state index contributed by atoms with van der Waals surface area (Å²) in [6, 6.07) is 8.65. The summed E-state index contributed by atoms with van der Waals surface area (Å²) in [6.45, 7) is 9.65. The minimum atomic E-state index is -0.310. The van der Waals surface area contributed by atoms with Crippen molar-refractivity contribution in [3.8, 4) is 0 Å². The molecule has 5 nitrogen and oxygen atoms in total. The molecule has 2 heterocycles. The zero-order valence-electron chi connectivity index (χ0n) is 14.8. The molecule has 0 unspecified atom stereocenters. The van der Waals surface area contributed by atoms with Crippen molar-refractivity contribution in [1.82, 2.24) is 10.2 Å². The Hall–Kier alpha value is -1.88. The van der Waals surface area contributed by atoms with Gasteiger partial charge in [-0.2, -0.15) is 0 Å². The van der Waals surface area contributed by atoms with Gasteiger partial charge in [-0.15, -0.1) is 0 Å². The fourth-order valence-corrected chi connectivity index (χ4v) is 3.28. The highest BCUT2D eigenvalue weighted by atomic mass is 16.7. The molecule has 1 atom stereocenters. The summed E-state index contributed by atoms with van der Waals surface area (Å²) in [6.07, 6.45) is 1.53. The number of oxime groups is 1. The van der Waals surface area contributed by atoms with Gasteiger partial charge in [0.05, 0.1) is 0 Å². The topological polar surface area (TPSA) is 53.9 Å². The van der Waals surface area contributed by atoms with Crippen LogP contribution in [0, 0.1) is 12.8 Å². The summed E-state index contributed by atoms with van der Waals surface area (Å²) in [4.78, 5) is 20.3. The molecule has 1 fully saturated rings. The predicted octanol–water partition coefficient (Wildman–Crippen LogP) is 2.49. The van der Waals surface area contributed by atoms with Gasteiger partial charge in [0, 0.05) is 39.0 Å². The lowest BCUT2D eigenvalue weighted by molar-refractivity contribution is -0.115. The highest BCUT2D eigenvalue weighted by Gasteiger charge is 2.46. The van der Waals surface area contributed by atoms with Gasteiger partial charge in [0.2, 0.25) is 0 Å². The number of carbonyl (C=O) groups is 1. The summed E-state index contributed by atoms with van der Waals surface area (Å²) >= 11 is 0. The molecule has 1 spiro atoms. The van der Waals surface area contributed by atoms with Crippen LogP contribution in [-0.2, 0) is 16.2 Å². The molecule has 0 radical (unpaired) electrons. The Morgan fingerprint density at radius 1 is 1.38 bits per heavy atom. The Morgan fingerprint density at radius 2 is 2.12 bits per heavy atom. The van der Waals surface area contributed by atoms with Crippen molar-refractivity contribution in [2.24, 2.45) is 11.1 Å². The Bertz CT molecular complexity index is 624.